The fourth-order valence-electron chi connectivity index (χ4n) is 3.56. The lowest BCUT2D eigenvalue weighted by atomic mass is 10.1. The maximum absolute atomic E-state index is 12.8. The molecule has 3 aromatic rings. The van der Waals surface area contributed by atoms with Crippen LogP contribution in [0.15, 0.2) is 59.6 Å². The lowest BCUT2D eigenvalue weighted by molar-refractivity contribution is -0.148. The number of esters is 1. The molecular weight excluding hydrogens is 436 g/mol. The van der Waals surface area contributed by atoms with Crippen molar-refractivity contribution in [1.29, 1.82) is 0 Å². The van der Waals surface area contributed by atoms with Crippen molar-refractivity contribution in [1.82, 2.24) is 9.47 Å². The fraction of sp³-hybridized carbons (Fsp3) is 0.174. The van der Waals surface area contributed by atoms with E-state index in [1.807, 2.05) is 54.7 Å². The summed E-state index contributed by atoms with van der Waals surface area (Å²) in [4.78, 5) is 38.3. The molecule has 0 radical (unpaired) electrons. The molecule has 0 aliphatic carbocycles. The Balaban J connectivity index is 1.72. The number of carbonyl (C=O) groups excluding carboxylic acids is 3. The molecule has 0 N–H and O–H groups in total. The van der Waals surface area contributed by atoms with Gasteiger partial charge in [0.1, 0.15) is 6.04 Å². The first-order chi connectivity index (χ1) is 14.9. The van der Waals surface area contributed by atoms with E-state index in [1.54, 1.807) is 6.08 Å². The monoisotopic (exact) mass is 454 g/mol. The molecule has 0 spiro atoms. The van der Waals surface area contributed by atoms with E-state index in [9.17, 15) is 14.4 Å². The molecule has 2 heterocycles. The summed E-state index contributed by atoms with van der Waals surface area (Å²) < 4.78 is 6.73. The SMILES string of the molecule is COC(=O)[C@@H](C)N1C(=O)S/C(=C/c2cn(Cc3ccccc3Cl)c3ccccc23)C1=O. The Morgan fingerprint density at radius 3 is 2.61 bits per heavy atom. The zero-order chi connectivity index (χ0) is 22.1. The average Bonchev–Trinajstić information content (AvgIpc) is 3.25. The summed E-state index contributed by atoms with van der Waals surface area (Å²) in [6.07, 6.45) is 3.63. The van der Waals surface area contributed by atoms with E-state index in [0.717, 1.165) is 38.7 Å². The smallest absolute Gasteiger partial charge is 0.328 e. The van der Waals surface area contributed by atoms with Crippen LogP contribution in [0.4, 0.5) is 4.79 Å². The number of amides is 2. The molecule has 0 unspecified atom stereocenters. The largest absolute Gasteiger partial charge is 0.467 e. The standard InChI is InChI=1S/C23H19ClN2O4S/c1-14(22(28)30-2)26-21(27)20(31-23(26)29)11-16-13-25(19-10-6-4-8-17(16)19)12-15-7-3-5-9-18(15)24/h3-11,13-14H,12H2,1-2H3/b20-11+/t14-/m1/s1. The number of halogens is 1. The van der Waals surface area contributed by atoms with Gasteiger partial charge in [-0.3, -0.25) is 14.5 Å². The topological polar surface area (TPSA) is 68.6 Å². The number of nitrogens with zero attached hydrogens (tertiary/aromatic N) is 2. The number of carbonyl (C=O) groups is 3. The van der Waals surface area contributed by atoms with Crippen LogP contribution in [0, 0.1) is 0 Å². The molecule has 0 saturated carbocycles. The van der Waals surface area contributed by atoms with E-state index < -0.39 is 23.2 Å². The molecule has 1 fully saturated rings. The van der Waals surface area contributed by atoms with Gasteiger partial charge in [-0.25, -0.2) is 4.79 Å². The van der Waals surface area contributed by atoms with Gasteiger partial charge < -0.3 is 9.30 Å². The summed E-state index contributed by atoms with van der Waals surface area (Å²) in [6, 6.07) is 14.5. The van der Waals surface area contributed by atoms with Gasteiger partial charge in [-0.1, -0.05) is 48.0 Å². The van der Waals surface area contributed by atoms with Crippen molar-refractivity contribution in [3.63, 3.8) is 0 Å². The number of para-hydroxylation sites is 1. The second-order valence-corrected chi connectivity index (χ2v) is 8.47. The van der Waals surface area contributed by atoms with Gasteiger partial charge in [0.15, 0.2) is 0 Å². The molecule has 4 rings (SSSR count). The molecule has 158 valence electrons. The third-order valence-corrected chi connectivity index (χ3v) is 6.41. The highest BCUT2D eigenvalue weighted by molar-refractivity contribution is 8.18. The van der Waals surface area contributed by atoms with Crippen LogP contribution in [0.2, 0.25) is 5.02 Å². The van der Waals surface area contributed by atoms with Crippen molar-refractivity contribution in [3.05, 3.63) is 75.8 Å². The predicted octanol–water partition coefficient (Wildman–Crippen LogP) is 4.94. The van der Waals surface area contributed by atoms with Gasteiger partial charge in [0.25, 0.3) is 11.1 Å². The maximum Gasteiger partial charge on any atom is 0.328 e. The first-order valence-corrected chi connectivity index (χ1v) is 10.8. The first kappa shape index (κ1) is 21.2. The van der Waals surface area contributed by atoms with E-state index in [2.05, 4.69) is 9.30 Å². The molecule has 1 saturated heterocycles. The van der Waals surface area contributed by atoms with Crippen LogP contribution in [0.5, 0.6) is 0 Å². The molecule has 31 heavy (non-hydrogen) atoms. The number of thioether (sulfide) groups is 1. The van der Waals surface area contributed by atoms with Crippen molar-refractivity contribution in [3.8, 4) is 0 Å². The van der Waals surface area contributed by atoms with Crippen LogP contribution in [-0.4, -0.2) is 39.7 Å². The Hall–Kier alpha value is -3.03. The summed E-state index contributed by atoms with van der Waals surface area (Å²) in [5.74, 6) is -1.14. The number of ether oxygens (including phenoxy) is 1. The van der Waals surface area contributed by atoms with Gasteiger partial charge in [0.2, 0.25) is 0 Å². The van der Waals surface area contributed by atoms with Crippen LogP contribution in [0.1, 0.15) is 18.1 Å². The summed E-state index contributed by atoms with van der Waals surface area (Å²) in [7, 11) is 1.22. The quantitative estimate of drug-likeness (QED) is 0.403. The van der Waals surface area contributed by atoms with Gasteiger partial charge in [-0.05, 0) is 42.5 Å². The zero-order valence-electron chi connectivity index (χ0n) is 16.9. The van der Waals surface area contributed by atoms with Crippen LogP contribution in [0.3, 0.4) is 0 Å². The van der Waals surface area contributed by atoms with E-state index in [1.165, 1.54) is 14.0 Å². The molecule has 2 aromatic carbocycles. The van der Waals surface area contributed by atoms with Gasteiger partial charge in [-0.2, -0.15) is 0 Å². The van der Waals surface area contributed by atoms with Gasteiger partial charge in [-0.15, -0.1) is 0 Å². The van der Waals surface area contributed by atoms with Crippen LogP contribution < -0.4 is 0 Å². The lowest BCUT2D eigenvalue weighted by Crippen LogP contribution is -2.42. The Morgan fingerprint density at radius 2 is 1.87 bits per heavy atom. The van der Waals surface area contributed by atoms with Gasteiger partial charge >= 0.3 is 5.97 Å². The summed E-state index contributed by atoms with van der Waals surface area (Å²) >= 11 is 7.15. The number of aromatic nitrogens is 1. The van der Waals surface area contributed by atoms with Crippen molar-refractivity contribution in [2.45, 2.75) is 19.5 Å². The first-order valence-electron chi connectivity index (χ1n) is 9.57. The highest BCUT2D eigenvalue weighted by Gasteiger charge is 2.41. The molecule has 2 amide bonds. The molecule has 1 aliphatic heterocycles. The Bertz CT molecular complexity index is 1230. The second kappa shape index (κ2) is 8.61. The van der Waals surface area contributed by atoms with E-state index >= 15 is 0 Å². The highest BCUT2D eigenvalue weighted by atomic mass is 35.5. The Morgan fingerprint density at radius 1 is 1.16 bits per heavy atom. The summed E-state index contributed by atoms with van der Waals surface area (Å²) in [6.45, 7) is 2.04. The normalized spacial score (nSPS) is 16.4. The van der Waals surface area contributed by atoms with E-state index in [-0.39, 0.29) is 4.91 Å². The van der Waals surface area contributed by atoms with Crippen molar-refractivity contribution >= 4 is 57.5 Å². The number of methoxy groups -OCH3 is 1. The Kier molecular flexibility index (Phi) is 5.89. The van der Waals surface area contributed by atoms with E-state index in [4.69, 9.17) is 11.6 Å². The minimum Gasteiger partial charge on any atom is -0.467 e. The van der Waals surface area contributed by atoms with Crippen LogP contribution in [0.25, 0.3) is 17.0 Å². The summed E-state index contributed by atoms with van der Waals surface area (Å²) in [5.41, 5.74) is 2.76. The molecule has 8 heteroatoms. The number of hydrogen-bond donors (Lipinski definition) is 0. The number of benzene rings is 2. The van der Waals surface area contributed by atoms with Crippen molar-refractivity contribution < 1.29 is 19.1 Å². The number of rotatable bonds is 5. The molecule has 0 bridgehead atoms. The Labute approximate surface area is 188 Å². The molecule has 1 atom stereocenters. The van der Waals surface area contributed by atoms with E-state index in [0.29, 0.717) is 11.6 Å². The average molecular weight is 455 g/mol. The van der Waals surface area contributed by atoms with Crippen LogP contribution in [-0.2, 0) is 20.9 Å². The highest BCUT2D eigenvalue weighted by Crippen LogP contribution is 2.35. The van der Waals surface area contributed by atoms with Crippen LogP contribution >= 0.6 is 23.4 Å². The zero-order valence-corrected chi connectivity index (χ0v) is 18.4. The third kappa shape index (κ3) is 3.98. The number of hydrogen-bond acceptors (Lipinski definition) is 5. The molecular formula is C23H19ClN2O4S. The lowest BCUT2D eigenvalue weighted by Gasteiger charge is -2.18. The number of imide groups is 1. The second-order valence-electron chi connectivity index (χ2n) is 7.07. The molecule has 1 aromatic heterocycles. The molecule has 1 aliphatic rings. The van der Waals surface area contributed by atoms with Crippen molar-refractivity contribution in [2.75, 3.05) is 7.11 Å². The van der Waals surface area contributed by atoms with Gasteiger partial charge in [0, 0.05) is 34.2 Å². The minimum atomic E-state index is -0.982. The number of fused-ring (bicyclic) bond motifs is 1. The van der Waals surface area contributed by atoms with Gasteiger partial charge in [0.05, 0.1) is 12.0 Å². The maximum atomic E-state index is 12.8. The third-order valence-electron chi connectivity index (χ3n) is 5.16. The predicted molar refractivity (Wildman–Crippen MR) is 122 cm³/mol. The summed E-state index contributed by atoms with van der Waals surface area (Å²) in [5, 5.41) is 1.14. The van der Waals surface area contributed by atoms with Crippen molar-refractivity contribution in [2.24, 2.45) is 0 Å². The molecule has 6 nitrogen and oxygen atoms in total. The fourth-order valence-corrected chi connectivity index (χ4v) is 4.66. The minimum absolute atomic E-state index is 0.265.